The van der Waals surface area contributed by atoms with Crippen LogP contribution in [0.1, 0.15) is 24.5 Å². The van der Waals surface area contributed by atoms with Crippen LogP contribution in [0.15, 0.2) is 53.6 Å². The van der Waals surface area contributed by atoms with E-state index in [0.29, 0.717) is 17.2 Å². The summed E-state index contributed by atoms with van der Waals surface area (Å²) < 4.78 is 45.7. The third kappa shape index (κ3) is 5.01. The van der Waals surface area contributed by atoms with E-state index in [1.54, 1.807) is 6.07 Å². The van der Waals surface area contributed by atoms with E-state index >= 15 is 0 Å². The van der Waals surface area contributed by atoms with Crippen molar-refractivity contribution in [3.05, 3.63) is 69.4 Å². The molecule has 4 rings (SSSR count). The number of aromatic nitrogens is 1. The van der Waals surface area contributed by atoms with Crippen molar-refractivity contribution in [1.29, 1.82) is 0 Å². The molecule has 31 heavy (non-hydrogen) atoms. The van der Waals surface area contributed by atoms with Crippen molar-refractivity contribution in [3.8, 4) is 5.75 Å². The number of anilines is 1. The number of benzene rings is 2. The molecule has 0 saturated heterocycles. The minimum atomic E-state index is -3.50. The standard InChI is InChI=1S/C20H15Cl2FN2O4S2/c21-12-4-7-16(15(23)9-12)29-18(19(26)25-20-24-10-17(22)30-20)11-2-1-3-14(8-11)31(27,28)13-5-6-13/h1-4,7-10,13,18H,5-6H2,(H,24,25,26). The molecule has 1 aliphatic rings. The first kappa shape index (κ1) is 22.0. The highest BCUT2D eigenvalue weighted by Crippen LogP contribution is 2.35. The summed E-state index contributed by atoms with van der Waals surface area (Å²) in [4.78, 5) is 17.1. The topological polar surface area (TPSA) is 85.4 Å². The van der Waals surface area contributed by atoms with Crippen molar-refractivity contribution in [3.63, 3.8) is 0 Å². The summed E-state index contributed by atoms with van der Waals surface area (Å²) in [6.07, 6.45) is 1.23. The number of sulfone groups is 1. The number of hydrogen-bond acceptors (Lipinski definition) is 6. The van der Waals surface area contributed by atoms with Crippen molar-refractivity contribution in [1.82, 2.24) is 4.98 Å². The highest BCUT2D eigenvalue weighted by molar-refractivity contribution is 7.92. The van der Waals surface area contributed by atoms with E-state index in [1.807, 2.05) is 0 Å². The first-order chi connectivity index (χ1) is 14.7. The summed E-state index contributed by atoms with van der Waals surface area (Å²) in [7, 11) is -3.50. The lowest BCUT2D eigenvalue weighted by atomic mass is 10.1. The second-order valence-corrected chi connectivity index (χ2v) is 11.2. The summed E-state index contributed by atoms with van der Waals surface area (Å²) in [5, 5.41) is 2.54. The number of thiazole rings is 1. The Morgan fingerprint density at radius 2 is 2.00 bits per heavy atom. The van der Waals surface area contributed by atoms with Crippen molar-refractivity contribution >= 4 is 55.4 Å². The van der Waals surface area contributed by atoms with E-state index < -0.39 is 32.9 Å². The smallest absolute Gasteiger partial charge is 0.271 e. The number of ether oxygens (including phenoxy) is 1. The van der Waals surface area contributed by atoms with Gasteiger partial charge >= 0.3 is 0 Å². The average molecular weight is 501 g/mol. The van der Waals surface area contributed by atoms with Gasteiger partial charge in [-0.2, -0.15) is 0 Å². The molecule has 0 radical (unpaired) electrons. The molecule has 1 saturated carbocycles. The molecule has 11 heteroatoms. The Bertz CT molecular complexity index is 1250. The largest absolute Gasteiger partial charge is 0.473 e. The van der Waals surface area contributed by atoms with Gasteiger partial charge in [-0.15, -0.1) is 0 Å². The van der Waals surface area contributed by atoms with Crippen molar-refractivity contribution in [2.45, 2.75) is 29.1 Å². The Balaban J connectivity index is 1.70. The van der Waals surface area contributed by atoms with E-state index in [9.17, 15) is 17.6 Å². The van der Waals surface area contributed by atoms with Gasteiger partial charge in [0.1, 0.15) is 4.34 Å². The SMILES string of the molecule is O=C(Nc1ncc(Cl)s1)C(Oc1ccc(Cl)cc1F)c1cccc(S(=O)(=O)C2CC2)c1. The minimum Gasteiger partial charge on any atom is -0.473 e. The first-order valence-corrected chi connectivity index (χ1v) is 12.2. The zero-order chi connectivity index (χ0) is 22.2. The third-order valence-electron chi connectivity index (χ3n) is 4.54. The van der Waals surface area contributed by atoms with Gasteiger partial charge in [-0.3, -0.25) is 10.1 Å². The van der Waals surface area contributed by atoms with Gasteiger partial charge in [0.05, 0.1) is 16.3 Å². The maximum absolute atomic E-state index is 14.3. The molecule has 1 N–H and O–H groups in total. The van der Waals surface area contributed by atoms with E-state index in [1.165, 1.54) is 36.5 Å². The number of carbonyl (C=O) groups is 1. The van der Waals surface area contributed by atoms with Crippen molar-refractivity contribution < 1.29 is 22.3 Å². The fraction of sp³-hybridized carbons (Fsp3) is 0.200. The van der Waals surface area contributed by atoms with Gasteiger partial charge in [-0.05, 0) is 43.2 Å². The molecule has 1 unspecified atom stereocenters. The van der Waals surface area contributed by atoms with Crippen LogP contribution in [0.3, 0.4) is 0 Å². The van der Waals surface area contributed by atoms with Gasteiger partial charge in [0.2, 0.25) is 6.10 Å². The molecular weight excluding hydrogens is 486 g/mol. The lowest BCUT2D eigenvalue weighted by Crippen LogP contribution is -2.26. The zero-order valence-electron chi connectivity index (χ0n) is 15.7. The summed E-state index contributed by atoms with van der Waals surface area (Å²) in [6.45, 7) is 0. The zero-order valence-corrected chi connectivity index (χ0v) is 18.9. The minimum absolute atomic E-state index is 0.0859. The van der Waals surface area contributed by atoms with Crippen LogP contribution in [-0.2, 0) is 14.6 Å². The molecule has 1 fully saturated rings. The van der Waals surface area contributed by atoms with Crippen LogP contribution in [-0.4, -0.2) is 24.6 Å². The van der Waals surface area contributed by atoms with Crippen LogP contribution in [0.2, 0.25) is 9.36 Å². The van der Waals surface area contributed by atoms with E-state index in [2.05, 4.69) is 10.3 Å². The van der Waals surface area contributed by atoms with Crippen LogP contribution in [0.25, 0.3) is 0 Å². The lowest BCUT2D eigenvalue weighted by Gasteiger charge is -2.19. The highest BCUT2D eigenvalue weighted by atomic mass is 35.5. The number of carbonyl (C=O) groups excluding carboxylic acids is 1. The van der Waals surface area contributed by atoms with Gasteiger partial charge in [0.25, 0.3) is 5.91 Å². The van der Waals surface area contributed by atoms with E-state index in [-0.39, 0.29) is 26.4 Å². The van der Waals surface area contributed by atoms with Crippen LogP contribution in [0.5, 0.6) is 5.75 Å². The molecule has 0 spiro atoms. The van der Waals surface area contributed by atoms with Crippen LogP contribution in [0.4, 0.5) is 9.52 Å². The molecule has 1 atom stereocenters. The molecule has 0 aliphatic heterocycles. The number of nitrogens with one attached hydrogen (secondary N) is 1. The summed E-state index contributed by atoms with van der Waals surface area (Å²) >= 11 is 12.7. The normalized spacial score (nSPS) is 14.8. The number of nitrogens with zero attached hydrogens (tertiary/aromatic N) is 1. The number of amides is 1. The van der Waals surface area contributed by atoms with Gasteiger partial charge in [-0.1, -0.05) is 46.7 Å². The van der Waals surface area contributed by atoms with Gasteiger partial charge in [0, 0.05) is 10.6 Å². The van der Waals surface area contributed by atoms with Crippen molar-refractivity contribution in [2.24, 2.45) is 0 Å². The molecule has 1 aromatic heterocycles. The molecule has 2 aromatic carbocycles. The highest BCUT2D eigenvalue weighted by Gasteiger charge is 2.37. The molecule has 162 valence electrons. The molecule has 3 aromatic rings. The monoisotopic (exact) mass is 500 g/mol. The predicted molar refractivity (Wildman–Crippen MR) is 117 cm³/mol. The molecule has 1 amide bonds. The van der Waals surface area contributed by atoms with Gasteiger partial charge in [0.15, 0.2) is 26.5 Å². The Labute approximate surface area is 191 Å². The Morgan fingerprint density at radius 1 is 1.23 bits per heavy atom. The van der Waals surface area contributed by atoms with E-state index in [4.69, 9.17) is 27.9 Å². The fourth-order valence-corrected chi connectivity index (χ4v) is 5.56. The van der Waals surface area contributed by atoms with E-state index in [0.717, 1.165) is 17.4 Å². The maximum Gasteiger partial charge on any atom is 0.271 e. The quantitative estimate of drug-likeness (QED) is 0.476. The van der Waals surface area contributed by atoms with Crippen LogP contribution >= 0.6 is 34.5 Å². The Morgan fingerprint density at radius 3 is 2.65 bits per heavy atom. The maximum atomic E-state index is 14.3. The fourth-order valence-electron chi connectivity index (χ4n) is 2.88. The first-order valence-electron chi connectivity index (χ1n) is 9.12. The van der Waals surface area contributed by atoms with Crippen LogP contribution < -0.4 is 10.1 Å². The average Bonchev–Trinajstić information content (AvgIpc) is 3.51. The number of rotatable bonds is 7. The summed E-state index contributed by atoms with van der Waals surface area (Å²) in [6, 6.07) is 9.68. The molecule has 6 nitrogen and oxygen atoms in total. The Hall–Kier alpha value is -2.20. The second-order valence-electron chi connectivity index (χ2n) is 6.85. The Kier molecular flexibility index (Phi) is 6.20. The predicted octanol–water partition coefficient (Wildman–Crippen LogP) is 5.28. The lowest BCUT2D eigenvalue weighted by molar-refractivity contribution is -0.123. The number of halogens is 3. The van der Waals surface area contributed by atoms with Gasteiger partial charge in [-0.25, -0.2) is 17.8 Å². The molecule has 1 aliphatic carbocycles. The number of hydrogen-bond donors (Lipinski definition) is 1. The second kappa shape index (κ2) is 8.74. The third-order valence-corrected chi connectivity index (χ3v) is 8.06. The van der Waals surface area contributed by atoms with Crippen LogP contribution in [0, 0.1) is 5.82 Å². The molecular formula is C20H15Cl2FN2O4S2. The summed E-state index contributed by atoms with van der Waals surface area (Å²) in [5.41, 5.74) is 0.247. The van der Waals surface area contributed by atoms with Gasteiger partial charge < -0.3 is 4.74 Å². The molecule has 0 bridgehead atoms. The summed E-state index contributed by atoms with van der Waals surface area (Å²) in [5.74, 6) is -1.64. The van der Waals surface area contributed by atoms with Crippen molar-refractivity contribution in [2.75, 3.05) is 5.32 Å². The molecule has 1 heterocycles.